The fourth-order valence-corrected chi connectivity index (χ4v) is 5.37. The van der Waals surface area contributed by atoms with Gasteiger partial charge in [-0.3, -0.25) is 19.3 Å². The molecule has 0 bridgehead atoms. The molecule has 200 valence electrons. The number of benzene rings is 2. The number of rotatable bonds is 9. The zero-order chi connectivity index (χ0) is 27.6. The lowest BCUT2D eigenvalue weighted by atomic mass is 9.63. The average Bonchev–Trinajstić information content (AvgIpc) is 3.13. The van der Waals surface area contributed by atoms with Gasteiger partial charge < -0.3 is 19.9 Å². The fraction of sp³-hybridized carbons (Fsp3) is 0.357. The molecule has 0 saturated heterocycles. The summed E-state index contributed by atoms with van der Waals surface area (Å²) in [6.07, 6.45) is 0. The monoisotopic (exact) mass is 540 g/mol. The van der Waals surface area contributed by atoms with Gasteiger partial charge in [-0.25, -0.2) is 4.79 Å². The van der Waals surface area contributed by atoms with E-state index in [2.05, 4.69) is 5.32 Å². The molecule has 0 aliphatic carbocycles. The molecule has 4 rings (SSSR count). The van der Waals surface area contributed by atoms with Crippen molar-refractivity contribution in [1.29, 1.82) is 0 Å². The number of fused-ring (bicyclic) bond motifs is 1. The minimum atomic E-state index is -1.29. The molecular weight excluding hydrogens is 512 g/mol. The zero-order valence-electron chi connectivity index (χ0n) is 21.3. The molecule has 3 unspecified atom stereocenters. The van der Waals surface area contributed by atoms with E-state index in [-0.39, 0.29) is 37.6 Å². The second-order valence-electron chi connectivity index (χ2n) is 9.38. The van der Waals surface area contributed by atoms with E-state index in [1.807, 2.05) is 0 Å². The molecule has 10 heteroatoms. The number of carboxylic acids is 1. The van der Waals surface area contributed by atoms with Crippen molar-refractivity contribution in [2.45, 2.75) is 32.7 Å². The highest BCUT2D eigenvalue weighted by Crippen LogP contribution is 2.50. The van der Waals surface area contributed by atoms with Gasteiger partial charge in [0.1, 0.15) is 0 Å². The van der Waals surface area contributed by atoms with Crippen LogP contribution in [0.2, 0.25) is 5.02 Å². The number of aliphatic carboxylic acids is 1. The van der Waals surface area contributed by atoms with Crippen molar-refractivity contribution >= 4 is 35.4 Å². The molecular formula is C28H29ClN2O7. The van der Waals surface area contributed by atoms with Crippen LogP contribution in [0.5, 0.6) is 0 Å². The van der Waals surface area contributed by atoms with Gasteiger partial charge in [0.2, 0.25) is 0 Å². The molecule has 2 aromatic rings. The summed E-state index contributed by atoms with van der Waals surface area (Å²) in [5, 5.41) is 13.8. The van der Waals surface area contributed by atoms with Crippen molar-refractivity contribution in [1.82, 2.24) is 10.2 Å². The highest BCUT2D eigenvalue weighted by atomic mass is 35.5. The van der Waals surface area contributed by atoms with Crippen LogP contribution in [-0.2, 0) is 19.1 Å². The average molecular weight is 541 g/mol. The zero-order valence-corrected chi connectivity index (χ0v) is 22.1. The van der Waals surface area contributed by atoms with E-state index in [0.717, 1.165) is 4.90 Å². The summed E-state index contributed by atoms with van der Waals surface area (Å²) in [7, 11) is 0. The number of carbonyl (C=O) groups excluding carboxylic acids is 3. The predicted octanol–water partition coefficient (Wildman–Crippen LogP) is 3.64. The highest BCUT2D eigenvalue weighted by molar-refractivity contribution is 6.31. The molecule has 9 nitrogen and oxygen atoms in total. The Hall–Kier alpha value is -3.69. The van der Waals surface area contributed by atoms with Gasteiger partial charge >= 0.3 is 11.9 Å². The largest absolute Gasteiger partial charge is 0.478 e. The molecule has 0 fully saturated rings. The minimum absolute atomic E-state index is 0.00602. The molecule has 2 N–H and O–H groups in total. The SMILES string of the molecule is CCOC(=O)C1(C)C(C)NC(COCCN2C(=O)c3ccccc3C2=O)=C(C(=O)O)C1c1ccccc1Cl. The number of hydrogen-bond donors (Lipinski definition) is 2. The number of imide groups is 1. The minimum Gasteiger partial charge on any atom is -0.478 e. The van der Waals surface area contributed by atoms with Gasteiger partial charge in [0, 0.05) is 22.7 Å². The summed E-state index contributed by atoms with van der Waals surface area (Å²) in [6, 6.07) is 12.9. The van der Waals surface area contributed by atoms with Crippen LogP contribution in [0.4, 0.5) is 0 Å². The first-order valence-electron chi connectivity index (χ1n) is 12.3. The van der Waals surface area contributed by atoms with Gasteiger partial charge in [0.25, 0.3) is 11.8 Å². The van der Waals surface area contributed by atoms with Gasteiger partial charge in [0.05, 0.1) is 48.5 Å². The smallest absolute Gasteiger partial charge is 0.334 e. The van der Waals surface area contributed by atoms with Crippen molar-refractivity contribution in [2.75, 3.05) is 26.4 Å². The number of carbonyl (C=O) groups is 4. The molecule has 2 aromatic carbocycles. The second-order valence-corrected chi connectivity index (χ2v) is 9.79. The van der Waals surface area contributed by atoms with Gasteiger partial charge in [-0.1, -0.05) is 41.9 Å². The van der Waals surface area contributed by atoms with Crippen LogP contribution in [0.3, 0.4) is 0 Å². The standard InChI is InChI=1S/C28H29ClN2O7/c1-4-38-27(36)28(3)16(2)30-21(22(26(34)35)23(28)19-11-7-8-12-20(19)29)15-37-14-13-31-24(32)17-9-5-6-10-18(17)25(31)33/h5-12,16,23,30H,4,13-15H2,1-3H3,(H,34,35). The van der Waals surface area contributed by atoms with Crippen molar-refractivity contribution in [3.63, 3.8) is 0 Å². The Labute approximate surface area is 225 Å². The summed E-state index contributed by atoms with van der Waals surface area (Å²) >= 11 is 6.51. The normalized spacial score (nSPS) is 22.8. The Morgan fingerprint density at radius 1 is 1.08 bits per heavy atom. The summed E-state index contributed by atoms with van der Waals surface area (Å²) in [5.74, 6) is -3.50. The number of carboxylic acid groups (broad SMARTS) is 1. The lowest BCUT2D eigenvalue weighted by Gasteiger charge is -2.46. The Balaban J connectivity index is 1.61. The summed E-state index contributed by atoms with van der Waals surface area (Å²) < 4.78 is 11.1. The van der Waals surface area contributed by atoms with E-state index in [0.29, 0.717) is 21.7 Å². The molecule has 2 heterocycles. The third-order valence-electron chi connectivity index (χ3n) is 7.25. The number of hydrogen-bond acceptors (Lipinski definition) is 7. The van der Waals surface area contributed by atoms with Crippen LogP contribution >= 0.6 is 11.6 Å². The van der Waals surface area contributed by atoms with Crippen LogP contribution in [0.1, 0.15) is 53.0 Å². The number of esters is 1. The number of nitrogens with zero attached hydrogens (tertiary/aromatic N) is 1. The van der Waals surface area contributed by atoms with E-state index in [1.165, 1.54) is 0 Å². The predicted molar refractivity (Wildman–Crippen MR) is 139 cm³/mol. The first-order valence-corrected chi connectivity index (χ1v) is 12.7. The molecule has 0 saturated carbocycles. The first kappa shape index (κ1) is 27.3. The molecule has 2 amide bonds. The Kier molecular flexibility index (Phi) is 7.89. The van der Waals surface area contributed by atoms with Crippen molar-refractivity contribution in [2.24, 2.45) is 5.41 Å². The molecule has 0 spiro atoms. The maximum absolute atomic E-state index is 13.2. The molecule has 2 aliphatic heterocycles. The third-order valence-corrected chi connectivity index (χ3v) is 7.59. The van der Waals surface area contributed by atoms with Crippen LogP contribution in [0.25, 0.3) is 0 Å². The van der Waals surface area contributed by atoms with Crippen LogP contribution in [0.15, 0.2) is 59.8 Å². The fourth-order valence-electron chi connectivity index (χ4n) is 5.13. The van der Waals surface area contributed by atoms with E-state index in [4.69, 9.17) is 21.1 Å². The maximum atomic E-state index is 13.2. The molecule has 0 aromatic heterocycles. The van der Waals surface area contributed by atoms with E-state index in [1.54, 1.807) is 69.3 Å². The highest BCUT2D eigenvalue weighted by Gasteiger charge is 2.55. The molecule has 38 heavy (non-hydrogen) atoms. The van der Waals surface area contributed by atoms with Crippen molar-refractivity contribution in [3.05, 3.63) is 81.5 Å². The number of nitrogens with one attached hydrogen (secondary N) is 1. The quantitative estimate of drug-likeness (QED) is 0.281. The summed E-state index contributed by atoms with van der Waals surface area (Å²) in [4.78, 5) is 52.2. The third kappa shape index (κ3) is 4.68. The van der Waals surface area contributed by atoms with Crippen LogP contribution in [0, 0.1) is 5.41 Å². The van der Waals surface area contributed by atoms with Crippen molar-refractivity contribution in [3.8, 4) is 0 Å². The van der Waals surface area contributed by atoms with E-state index >= 15 is 0 Å². The first-order chi connectivity index (χ1) is 18.1. The summed E-state index contributed by atoms with van der Waals surface area (Å²) in [5.41, 5.74) is 0.0952. The van der Waals surface area contributed by atoms with E-state index in [9.17, 15) is 24.3 Å². The summed E-state index contributed by atoms with van der Waals surface area (Å²) in [6.45, 7) is 5.12. The van der Waals surface area contributed by atoms with E-state index < -0.39 is 41.1 Å². The Morgan fingerprint density at radius 3 is 2.26 bits per heavy atom. The van der Waals surface area contributed by atoms with Gasteiger partial charge in [0.15, 0.2) is 0 Å². The van der Waals surface area contributed by atoms with Crippen LogP contribution < -0.4 is 5.32 Å². The number of halogens is 1. The number of amides is 2. The van der Waals surface area contributed by atoms with Gasteiger partial charge in [-0.15, -0.1) is 0 Å². The lowest BCUT2D eigenvalue weighted by molar-refractivity contribution is -0.158. The maximum Gasteiger partial charge on any atom is 0.334 e. The van der Waals surface area contributed by atoms with Crippen molar-refractivity contribution < 1.29 is 33.8 Å². The Morgan fingerprint density at radius 2 is 1.68 bits per heavy atom. The molecule has 0 radical (unpaired) electrons. The lowest BCUT2D eigenvalue weighted by Crippen LogP contribution is -2.56. The molecule has 3 atom stereocenters. The Bertz CT molecular complexity index is 1290. The second kappa shape index (κ2) is 11.0. The van der Waals surface area contributed by atoms with Gasteiger partial charge in [-0.2, -0.15) is 0 Å². The molecule has 2 aliphatic rings. The number of ether oxygens (including phenoxy) is 2. The topological polar surface area (TPSA) is 122 Å². The van der Waals surface area contributed by atoms with Crippen LogP contribution in [-0.4, -0.2) is 66.2 Å². The van der Waals surface area contributed by atoms with Gasteiger partial charge in [-0.05, 0) is 44.5 Å².